The van der Waals surface area contributed by atoms with Crippen molar-refractivity contribution in [3.63, 3.8) is 0 Å². The van der Waals surface area contributed by atoms with Crippen molar-refractivity contribution in [3.8, 4) is 5.75 Å². The lowest BCUT2D eigenvalue weighted by Gasteiger charge is -2.17. The number of carbonyl (C=O) groups excluding carboxylic acids is 1. The van der Waals surface area contributed by atoms with Gasteiger partial charge in [-0.25, -0.2) is 0 Å². The first-order chi connectivity index (χ1) is 14.1. The highest BCUT2D eigenvalue weighted by atomic mass is 127. The van der Waals surface area contributed by atoms with Gasteiger partial charge in [0.05, 0.1) is 7.11 Å². The number of likely N-dealkylation sites (tertiary alicyclic amines) is 1. The fourth-order valence-electron chi connectivity index (χ4n) is 3.51. The highest BCUT2D eigenvalue weighted by molar-refractivity contribution is 14.0. The molecule has 1 saturated heterocycles. The van der Waals surface area contributed by atoms with E-state index in [1.807, 2.05) is 24.0 Å². The van der Waals surface area contributed by atoms with E-state index < -0.39 is 0 Å². The molecule has 162 valence electrons. The minimum Gasteiger partial charge on any atom is -0.496 e. The van der Waals surface area contributed by atoms with Gasteiger partial charge in [-0.3, -0.25) is 9.79 Å². The van der Waals surface area contributed by atoms with Gasteiger partial charge in [-0.05, 0) is 36.1 Å². The van der Waals surface area contributed by atoms with E-state index in [9.17, 15) is 4.79 Å². The number of guanidine groups is 1. The zero-order valence-electron chi connectivity index (χ0n) is 17.9. The number of hydrogen-bond acceptors (Lipinski definition) is 3. The van der Waals surface area contributed by atoms with Crippen LogP contribution in [0.2, 0.25) is 0 Å². The van der Waals surface area contributed by atoms with E-state index in [0.29, 0.717) is 26.1 Å². The zero-order chi connectivity index (χ0) is 20.6. The molecule has 1 fully saturated rings. The number of methoxy groups -OCH3 is 1. The lowest BCUT2D eigenvalue weighted by molar-refractivity contribution is -0.128. The number of amides is 1. The summed E-state index contributed by atoms with van der Waals surface area (Å²) in [7, 11) is 3.45. The summed E-state index contributed by atoms with van der Waals surface area (Å²) in [5.74, 6) is 1.86. The van der Waals surface area contributed by atoms with Gasteiger partial charge in [0.1, 0.15) is 5.75 Å². The van der Waals surface area contributed by atoms with Crippen LogP contribution in [0.1, 0.15) is 35.1 Å². The van der Waals surface area contributed by atoms with E-state index in [1.165, 1.54) is 5.56 Å². The second kappa shape index (κ2) is 11.8. The number of carbonyl (C=O) groups is 1. The topological polar surface area (TPSA) is 66.0 Å². The number of ether oxygens (including phenoxy) is 1. The highest BCUT2D eigenvalue weighted by Crippen LogP contribution is 2.19. The molecule has 7 heteroatoms. The number of nitrogens with zero attached hydrogens (tertiary/aromatic N) is 2. The Morgan fingerprint density at radius 2 is 1.90 bits per heavy atom. The second-order valence-corrected chi connectivity index (χ2v) is 7.33. The molecule has 0 aromatic heterocycles. The van der Waals surface area contributed by atoms with Crippen molar-refractivity contribution in [1.82, 2.24) is 15.5 Å². The number of halogens is 1. The summed E-state index contributed by atoms with van der Waals surface area (Å²) >= 11 is 0. The van der Waals surface area contributed by atoms with Crippen molar-refractivity contribution in [2.45, 2.75) is 39.4 Å². The van der Waals surface area contributed by atoms with Crippen molar-refractivity contribution >= 4 is 35.8 Å². The van der Waals surface area contributed by atoms with Crippen LogP contribution in [0.15, 0.2) is 47.5 Å². The lowest BCUT2D eigenvalue weighted by atomic mass is 10.1. The SMILES string of the molecule is CN=C(NCc1cccc(CN2CCCC2=O)c1)NCc1ccc(C)cc1OC.I. The molecule has 2 aromatic carbocycles. The molecule has 0 bridgehead atoms. The van der Waals surface area contributed by atoms with Crippen LogP contribution in [-0.4, -0.2) is 37.5 Å². The molecule has 2 N–H and O–H groups in total. The van der Waals surface area contributed by atoms with Crippen LogP contribution in [-0.2, 0) is 24.4 Å². The van der Waals surface area contributed by atoms with Crippen molar-refractivity contribution in [2.24, 2.45) is 4.99 Å². The van der Waals surface area contributed by atoms with Crippen molar-refractivity contribution in [1.29, 1.82) is 0 Å². The summed E-state index contributed by atoms with van der Waals surface area (Å²) in [4.78, 5) is 18.1. The Hall–Kier alpha value is -2.29. The molecule has 1 aliphatic heterocycles. The van der Waals surface area contributed by atoms with Gasteiger partial charge in [0, 0.05) is 45.2 Å². The van der Waals surface area contributed by atoms with Gasteiger partial charge in [0.15, 0.2) is 5.96 Å². The van der Waals surface area contributed by atoms with Crippen molar-refractivity contribution < 1.29 is 9.53 Å². The van der Waals surface area contributed by atoms with Crippen LogP contribution in [0.25, 0.3) is 0 Å². The summed E-state index contributed by atoms with van der Waals surface area (Å²) in [5.41, 5.74) is 4.57. The number of hydrogen-bond donors (Lipinski definition) is 2. The molecule has 1 amide bonds. The van der Waals surface area contributed by atoms with Gasteiger partial charge < -0.3 is 20.3 Å². The third-order valence-electron chi connectivity index (χ3n) is 5.11. The average molecular weight is 522 g/mol. The number of aliphatic imine (C=N–C) groups is 1. The van der Waals surface area contributed by atoms with E-state index in [2.05, 4.69) is 46.0 Å². The Morgan fingerprint density at radius 3 is 2.60 bits per heavy atom. The van der Waals surface area contributed by atoms with E-state index in [1.54, 1.807) is 14.2 Å². The fourth-order valence-corrected chi connectivity index (χ4v) is 3.51. The molecule has 2 aromatic rings. The van der Waals surface area contributed by atoms with Crippen LogP contribution >= 0.6 is 24.0 Å². The van der Waals surface area contributed by atoms with Crippen LogP contribution in [0.3, 0.4) is 0 Å². The minimum atomic E-state index is 0. The first-order valence-corrected chi connectivity index (χ1v) is 10.0. The summed E-state index contributed by atoms with van der Waals surface area (Å²) < 4.78 is 5.47. The molecule has 0 spiro atoms. The van der Waals surface area contributed by atoms with Crippen LogP contribution in [0, 0.1) is 6.92 Å². The summed E-state index contributed by atoms with van der Waals surface area (Å²) in [5, 5.41) is 6.69. The predicted octanol–water partition coefficient (Wildman–Crippen LogP) is 3.61. The summed E-state index contributed by atoms with van der Waals surface area (Å²) in [6, 6.07) is 14.5. The number of aryl methyl sites for hydroxylation is 1. The predicted molar refractivity (Wildman–Crippen MR) is 131 cm³/mol. The van der Waals surface area contributed by atoms with Gasteiger partial charge in [-0.15, -0.1) is 24.0 Å². The standard InChI is InChI=1S/C23H30N4O2.HI/c1-17-9-10-20(21(12-17)29-3)15-26-23(24-2)25-14-18-6-4-7-19(13-18)16-27-11-5-8-22(27)28;/h4,6-7,9-10,12-13H,5,8,11,14-16H2,1-3H3,(H2,24,25,26);1H. The first kappa shape index (κ1) is 24.0. The summed E-state index contributed by atoms with van der Waals surface area (Å²) in [6.45, 7) is 4.88. The van der Waals surface area contributed by atoms with Crippen LogP contribution < -0.4 is 15.4 Å². The number of nitrogens with one attached hydrogen (secondary N) is 2. The van der Waals surface area contributed by atoms with Crippen molar-refractivity contribution in [2.75, 3.05) is 20.7 Å². The molecular weight excluding hydrogens is 491 g/mol. The molecule has 3 rings (SSSR count). The Bertz CT molecular complexity index is 885. The molecule has 0 saturated carbocycles. The molecule has 0 atom stereocenters. The molecule has 1 aliphatic rings. The van der Waals surface area contributed by atoms with E-state index in [-0.39, 0.29) is 29.9 Å². The molecule has 0 unspecified atom stereocenters. The maximum Gasteiger partial charge on any atom is 0.222 e. The fraction of sp³-hybridized carbons (Fsp3) is 0.391. The summed E-state index contributed by atoms with van der Waals surface area (Å²) in [6.07, 6.45) is 1.64. The maximum absolute atomic E-state index is 11.9. The normalized spacial score (nSPS) is 13.8. The number of benzene rings is 2. The van der Waals surface area contributed by atoms with Gasteiger partial charge in [-0.1, -0.05) is 36.4 Å². The minimum absolute atomic E-state index is 0. The Kier molecular flexibility index (Phi) is 9.42. The second-order valence-electron chi connectivity index (χ2n) is 7.33. The smallest absolute Gasteiger partial charge is 0.222 e. The molecular formula is C23H31IN4O2. The number of rotatable bonds is 7. The van der Waals surface area contributed by atoms with Crippen LogP contribution in [0.4, 0.5) is 0 Å². The molecule has 0 aliphatic carbocycles. The zero-order valence-corrected chi connectivity index (χ0v) is 20.2. The van der Waals surface area contributed by atoms with Crippen molar-refractivity contribution in [3.05, 3.63) is 64.7 Å². The lowest BCUT2D eigenvalue weighted by Crippen LogP contribution is -2.36. The molecule has 1 heterocycles. The third-order valence-corrected chi connectivity index (χ3v) is 5.11. The largest absolute Gasteiger partial charge is 0.496 e. The monoisotopic (exact) mass is 522 g/mol. The van der Waals surface area contributed by atoms with Crippen LogP contribution in [0.5, 0.6) is 5.75 Å². The average Bonchev–Trinajstić information content (AvgIpc) is 3.13. The Labute approximate surface area is 196 Å². The quantitative estimate of drug-likeness (QED) is 0.332. The van der Waals surface area contributed by atoms with Gasteiger partial charge in [0.2, 0.25) is 5.91 Å². The van der Waals surface area contributed by atoms with E-state index >= 15 is 0 Å². The first-order valence-electron chi connectivity index (χ1n) is 10.0. The molecule has 30 heavy (non-hydrogen) atoms. The van der Waals surface area contributed by atoms with E-state index in [0.717, 1.165) is 41.4 Å². The van der Waals surface area contributed by atoms with Gasteiger partial charge in [0.25, 0.3) is 0 Å². The Balaban J connectivity index is 0.00000320. The third kappa shape index (κ3) is 6.62. The maximum atomic E-state index is 11.9. The molecule has 0 radical (unpaired) electrons. The molecule has 6 nitrogen and oxygen atoms in total. The van der Waals surface area contributed by atoms with Gasteiger partial charge >= 0.3 is 0 Å². The van der Waals surface area contributed by atoms with E-state index in [4.69, 9.17) is 4.74 Å². The highest BCUT2D eigenvalue weighted by Gasteiger charge is 2.19. The van der Waals surface area contributed by atoms with Gasteiger partial charge in [-0.2, -0.15) is 0 Å². The Morgan fingerprint density at radius 1 is 1.13 bits per heavy atom.